The van der Waals surface area contributed by atoms with Crippen molar-refractivity contribution in [2.45, 2.75) is 0 Å². The van der Waals surface area contributed by atoms with Gasteiger partial charge in [0, 0.05) is 33.1 Å². The monoisotopic (exact) mass is 703 g/mol. The molecule has 0 amide bonds. The lowest BCUT2D eigenvalue weighted by Crippen LogP contribution is -2.10. The van der Waals surface area contributed by atoms with Crippen molar-refractivity contribution in [3.8, 4) is 33.4 Å². The number of rotatable bonds is 6. The molecule has 2 heterocycles. The molecule has 0 fully saturated rings. The average Bonchev–Trinajstić information content (AvgIpc) is 3.83. The van der Waals surface area contributed by atoms with Gasteiger partial charge in [0.05, 0.1) is 11.1 Å². The zero-order valence-corrected chi connectivity index (χ0v) is 29.8. The molecule has 0 bridgehead atoms. The molecule has 0 atom stereocenters. The van der Waals surface area contributed by atoms with Gasteiger partial charge in [0.15, 0.2) is 0 Å². The molecule has 0 saturated heterocycles. The summed E-state index contributed by atoms with van der Waals surface area (Å²) in [6.45, 7) is 0. The van der Waals surface area contributed by atoms with E-state index in [9.17, 15) is 0 Å². The van der Waals surface area contributed by atoms with E-state index in [4.69, 9.17) is 8.83 Å². The summed E-state index contributed by atoms with van der Waals surface area (Å²) in [4.78, 5) is 2.34. The first-order valence-electron chi connectivity index (χ1n) is 18.7. The predicted molar refractivity (Wildman–Crippen MR) is 229 cm³/mol. The Labute approximate surface area is 317 Å². The predicted octanol–water partition coefficient (Wildman–Crippen LogP) is 15.1. The minimum atomic E-state index is 0.860. The Kier molecular flexibility index (Phi) is 7.17. The molecule has 11 aromatic rings. The maximum atomic E-state index is 6.41. The van der Waals surface area contributed by atoms with E-state index in [-0.39, 0.29) is 0 Å². The maximum Gasteiger partial charge on any atom is 0.143 e. The normalized spacial score (nSPS) is 11.6. The first-order chi connectivity index (χ1) is 27.3. The number of furan rings is 2. The highest BCUT2D eigenvalue weighted by atomic mass is 16.3. The number of anilines is 3. The molecule has 0 aliphatic rings. The summed E-state index contributed by atoms with van der Waals surface area (Å²) in [7, 11) is 0. The molecule has 55 heavy (non-hydrogen) atoms. The van der Waals surface area contributed by atoms with E-state index in [1.807, 2.05) is 24.3 Å². The fourth-order valence-electron chi connectivity index (χ4n) is 8.28. The van der Waals surface area contributed by atoms with Gasteiger partial charge in [0.2, 0.25) is 0 Å². The first kappa shape index (κ1) is 31.2. The third kappa shape index (κ3) is 5.20. The van der Waals surface area contributed by atoms with Gasteiger partial charge >= 0.3 is 0 Å². The van der Waals surface area contributed by atoms with Crippen LogP contribution in [0.1, 0.15) is 0 Å². The fraction of sp³-hybridized carbons (Fsp3) is 0. The summed E-state index contributed by atoms with van der Waals surface area (Å²) in [6, 6.07) is 71.0. The zero-order chi connectivity index (χ0) is 36.3. The van der Waals surface area contributed by atoms with Crippen molar-refractivity contribution in [3.63, 3.8) is 0 Å². The van der Waals surface area contributed by atoms with Gasteiger partial charge < -0.3 is 13.7 Å². The highest BCUT2D eigenvalue weighted by Gasteiger charge is 2.20. The van der Waals surface area contributed by atoms with Crippen molar-refractivity contribution in [2.24, 2.45) is 0 Å². The maximum absolute atomic E-state index is 6.41. The molecule has 0 spiro atoms. The van der Waals surface area contributed by atoms with Crippen LogP contribution in [0.3, 0.4) is 0 Å². The zero-order valence-electron chi connectivity index (χ0n) is 29.8. The van der Waals surface area contributed by atoms with Crippen LogP contribution in [-0.4, -0.2) is 0 Å². The van der Waals surface area contributed by atoms with Gasteiger partial charge in [-0.2, -0.15) is 0 Å². The van der Waals surface area contributed by atoms with Crippen molar-refractivity contribution in [2.75, 3.05) is 4.90 Å². The molecule has 0 aliphatic heterocycles. The van der Waals surface area contributed by atoms with Gasteiger partial charge in [-0.25, -0.2) is 0 Å². The number of hydrogen-bond acceptors (Lipinski definition) is 3. The topological polar surface area (TPSA) is 29.5 Å². The third-order valence-electron chi connectivity index (χ3n) is 10.9. The number of fused-ring (bicyclic) bond motifs is 7. The van der Waals surface area contributed by atoms with E-state index in [1.165, 1.54) is 27.5 Å². The second-order valence-electron chi connectivity index (χ2n) is 14.1. The molecule has 0 unspecified atom stereocenters. The van der Waals surface area contributed by atoms with Crippen LogP contribution in [0.15, 0.2) is 209 Å². The van der Waals surface area contributed by atoms with Crippen molar-refractivity contribution in [3.05, 3.63) is 200 Å². The molecule has 0 N–H and O–H groups in total. The Morgan fingerprint density at radius 3 is 1.71 bits per heavy atom. The van der Waals surface area contributed by atoms with Gasteiger partial charge in [-0.1, -0.05) is 146 Å². The largest absolute Gasteiger partial charge is 0.456 e. The molecule has 258 valence electrons. The second-order valence-corrected chi connectivity index (χ2v) is 14.1. The standard InChI is InChI=1S/C52H33NO2/c1-2-15-41-35(11-1)12-8-18-42(41)38-14-7-13-37(33-38)34-25-29-39(30-26-34)53(47-21-10-24-50-51(47)46-17-4-6-23-49(46)54-50)40-31-27-36(28-32-40)43-19-9-20-45-44-16-3-5-22-48(44)55-52(43)45/h1-33H. The van der Waals surface area contributed by atoms with E-state index < -0.39 is 0 Å². The lowest BCUT2D eigenvalue weighted by Gasteiger charge is -2.26. The summed E-state index contributed by atoms with van der Waals surface area (Å²) < 4.78 is 12.8. The molecule has 3 nitrogen and oxygen atoms in total. The van der Waals surface area contributed by atoms with Crippen LogP contribution in [-0.2, 0) is 0 Å². The van der Waals surface area contributed by atoms with Gasteiger partial charge in [-0.3, -0.25) is 0 Å². The summed E-state index contributed by atoms with van der Waals surface area (Å²) >= 11 is 0. The summed E-state index contributed by atoms with van der Waals surface area (Å²) in [6.07, 6.45) is 0. The van der Waals surface area contributed by atoms with Crippen molar-refractivity contribution < 1.29 is 8.83 Å². The number of para-hydroxylation sites is 3. The minimum Gasteiger partial charge on any atom is -0.456 e. The van der Waals surface area contributed by atoms with Crippen LogP contribution in [0.5, 0.6) is 0 Å². The summed E-state index contributed by atoms with van der Waals surface area (Å²) in [5, 5.41) is 6.94. The molecular weight excluding hydrogens is 671 g/mol. The van der Waals surface area contributed by atoms with Crippen LogP contribution in [0.2, 0.25) is 0 Å². The Morgan fingerprint density at radius 2 is 0.891 bits per heavy atom. The van der Waals surface area contributed by atoms with Gasteiger partial charge in [0.1, 0.15) is 22.3 Å². The van der Waals surface area contributed by atoms with Crippen LogP contribution in [0, 0.1) is 0 Å². The molecule has 3 heteroatoms. The van der Waals surface area contributed by atoms with Gasteiger partial charge in [0.25, 0.3) is 0 Å². The second kappa shape index (κ2) is 12.6. The van der Waals surface area contributed by atoms with Crippen LogP contribution >= 0.6 is 0 Å². The lowest BCUT2D eigenvalue weighted by atomic mass is 9.95. The lowest BCUT2D eigenvalue weighted by molar-refractivity contribution is 0.669. The molecule has 2 aromatic heterocycles. The minimum absolute atomic E-state index is 0.860. The van der Waals surface area contributed by atoms with E-state index in [0.29, 0.717) is 0 Å². The Hall–Kier alpha value is -7.36. The Balaban J connectivity index is 1.02. The van der Waals surface area contributed by atoms with Crippen LogP contribution in [0.4, 0.5) is 17.1 Å². The molecule has 0 saturated carbocycles. The number of nitrogens with zero attached hydrogens (tertiary/aromatic N) is 1. The first-order valence-corrected chi connectivity index (χ1v) is 18.7. The molecule has 0 radical (unpaired) electrons. The highest BCUT2D eigenvalue weighted by Crippen LogP contribution is 2.44. The molecule has 9 aromatic carbocycles. The van der Waals surface area contributed by atoms with E-state index in [2.05, 4.69) is 181 Å². The summed E-state index contributed by atoms with van der Waals surface area (Å²) in [5.41, 5.74) is 13.6. The number of benzene rings is 9. The number of hydrogen-bond donors (Lipinski definition) is 0. The van der Waals surface area contributed by atoms with Gasteiger partial charge in [-0.05, 0) is 93.2 Å². The van der Waals surface area contributed by atoms with E-state index in [0.717, 1.165) is 77.6 Å². The van der Waals surface area contributed by atoms with Crippen LogP contribution < -0.4 is 4.90 Å². The van der Waals surface area contributed by atoms with Crippen LogP contribution in [0.25, 0.3) is 88.0 Å². The highest BCUT2D eigenvalue weighted by molar-refractivity contribution is 6.13. The third-order valence-corrected chi connectivity index (χ3v) is 10.9. The molecular formula is C52H33NO2. The fourth-order valence-corrected chi connectivity index (χ4v) is 8.28. The smallest absolute Gasteiger partial charge is 0.143 e. The van der Waals surface area contributed by atoms with E-state index in [1.54, 1.807) is 0 Å². The molecule has 0 aliphatic carbocycles. The van der Waals surface area contributed by atoms with Crippen molar-refractivity contribution in [1.29, 1.82) is 0 Å². The van der Waals surface area contributed by atoms with Crippen molar-refractivity contribution in [1.82, 2.24) is 0 Å². The SMILES string of the molecule is c1cc(-c2ccc(N(c3ccc(-c4cccc5c4oc4ccccc45)cc3)c3cccc4oc5ccccc5c34)cc2)cc(-c2cccc3ccccc23)c1. The van der Waals surface area contributed by atoms with E-state index >= 15 is 0 Å². The summed E-state index contributed by atoms with van der Waals surface area (Å²) in [5.74, 6) is 0. The Morgan fingerprint density at radius 1 is 0.327 bits per heavy atom. The average molecular weight is 704 g/mol. The molecule has 11 rings (SSSR count). The van der Waals surface area contributed by atoms with Crippen molar-refractivity contribution >= 4 is 71.7 Å². The quantitative estimate of drug-likeness (QED) is 0.173. The van der Waals surface area contributed by atoms with Gasteiger partial charge in [-0.15, -0.1) is 0 Å². The Bertz CT molecular complexity index is 3200.